The van der Waals surface area contributed by atoms with Gasteiger partial charge in [0.05, 0.1) is 6.10 Å². The summed E-state index contributed by atoms with van der Waals surface area (Å²) < 4.78 is 5.62. The van der Waals surface area contributed by atoms with E-state index in [1.54, 1.807) is 0 Å². The van der Waals surface area contributed by atoms with Crippen LogP contribution in [-0.4, -0.2) is 42.7 Å². The van der Waals surface area contributed by atoms with E-state index in [1.807, 2.05) is 6.92 Å². The van der Waals surface area contributed by atoms with Gasteiger partial charge in [-0.25, -0.2) is 0 Å². The van der Waals surface area contributed by atoms with Gasteiger partial charge in [0.2, 0.25) is 0 Å². The van der Waals surface area contributed by atoms with Crippen LogP contribution in [-0.2, 0) is 11.2 Å². The highest BCUT2D eigenvalue weighted by Gasteiger charge is 2.32. The van der Waals surface area contributed by atoms with Crippen molar-refractivity contribution in [2.45, 2.75) is 38.4 Å². The van der Waals surface area contributed by atoms with Gasteiger partial charge in [0.15, 0.2) is 11.5 Å². The second-order valence-electron chi connectivity index (χ2n) is 6.14. The maximum Gasteiger partial charge on any atom is 0.303 e. The number of aromatic hydroxyl groups is 4. The fourth-order valence-electron chi connectivity index (χ4n) is 2.68. The summed E-state index contributed by atoms with van der Waals surface area (Å²) in [6.45, 7) is 1.84. The molecule has 1 heterocycles. The number of carboxylic acids is 1. The molecule has 0 bridgehead atoms. The Morgan fingerprint density at radius 1 is 1.07 bits per heavy atom. The fraction of sp³-hybridized carbons (Fsp3) is 0.316. The van der Waals surface area contributed by atoms with Crippen molar-refractivity contribution in [2.24, 2.45) is 0 Å². The van der Waals surface area contributed by atoms with Crippen LogP contribution in [0.4, 0.5) is 0 Å². The van der Waals surface area contributed by atoms with E-state index in [0.717, 1.165) is 6.42 Å². The highest BCUT2D eigenvalue weighted by molar-refractivity contribution is 5.66. The van der Waals surface area contributed by atoms with Crippen molar-refractivity contribution in [3.63, 3.8) is 0 Å². The van der Waals surface area contributed by atoms with E-state index in [0.29, 0.717) is 17.5 Å². The van der Waals surface area contributed by atoms with Crippen molar-refractivity contribution in [2.75, 3.05) is 0 Å². The average Bonchev–Trinajstić information content (AvgIpc) is 2.58. The number of aliphatic carboxylic acids is 1. The molecule has 1 aliphatic rings. The number of hydrogen-bond acceptors (Lipinski definition) is 7. The molecular weight excluding hydrogens is 356 g/mol. The third-order valence-corrected chi connectivity index (χ3v) is 3.98. The first-order chi connectivity index (χ1) is 12.7. The van der Waals surface area contributed by atoms with E-state index in [2.05, 4.69) is 0 Å². The second kappa shape index (κ2) is 8.50. The number of carbonyl (C=O) groups is 1. The molecule has 1 aliphatic heterocycles. The second-order valence-corrected chi connectivity index (χ2v) is 6.14. The summed E-state index contributed by atoms with van der Waals surface area (Å²) in [7, 11) is 0. The number of phenols is 4. The molecule has 2 aromatic rings. The van der Waals surface area contributed by atoms with E-state index < -0.39 is 18.2 Å². The zero-order valence-electron chi connectivity index (χ0n) is 14.7. The quantitative estimate of drug-likeness (QED) is 0.446. The van der Waals surface area contributed by atoms with Crippen LogP contribution in [0, 0.1) is 0 Å². The summed E-state index contributed by atoms with van der Waals surface area (Å²) in [6.07, 6.45) is -0.537. The highest BCUT2D eigenvalue weighted by atomic mass is 16.5. The first-order valence-corrected chi connectivity index (χ1v) is 8.36. The van der Waals surface area contributed by atoms with Gasteiger partial charge in [-0.2, -0.15) is 0 Å². The van der Waals surface area contributed by atoms with E-state index >= 15 is 0 Å². The summed E-state index contributed by atoms with van der Waals surface area (Å²) in [4.78, 5) is 9.60. The summed E-state index contributed by atoms with van der Waals surface area (Å²) >= 11 is 0. The van der Waals surface area contributed by atoms with Gasteiger partial charge in [0.1, 0.15) is 23.4 Å². The normalized spacial score (nSPS) is 17.9. The predicted octanol–water partition coefficient (Wildman–Crippen LogP) is 2.42. The number of carboxylic acid groups (broad SMARTS) is 1. The SMILES string of the molecule is CCCC(=O)O.Oc1cc(O)c2c(c1)O[C@H](c1ccc(O)c(O)c1)[C@@H](O)C2. The molecule has 0 aromatic heterocycles. The Labute approximate surface area is 155 Å². The number of benzene rings is 2. The Hall–Kier alpha value is -3.13. The molecule has 3 rings (SSSR count). The molecule has 6 N–H and O–H groups in total. The molecule has 8 nitrogen and oxygen atoms in total. The van der Waals surface area contributed by atoms with Crippen LogP contribution in [0.2, 0.25) is 0 Å². The molecule has 0 spiro atoms. The largest absolute Gasteiger partial charge is 0.508 e. The van der Waals surface area contributed by atoms with Crippen molar-refractivity contribution in [1.82, 2.24) is 0 Å². The van der Waals surface area contributed by atoms with Gasteiger partial charge < -0.3 is 35.4 Å². The number of fused-ring (bicyclic) bond motifs is 1. The van der Waals surface area contributed by atoms with Crippen LogP contribution in [0.15, 0.2) is 30.3 Å². The summed E-state index contributed by atoms with van der Waals surface area (Å²) in [6, 6.07) is 6.67. The topological polar surface area (TPSA) is 148 Å². The molecule has 0 amide bonds. The van der Waals surface area contributed by atoms with Gasteiger partial charge in [0.25, 0.3) is 0 Å². The third-order valence-electron chi connectivity index (χ3n) is 3.98. The maximum absolute atomic E-state index is 10.2. The Kier molecular flexibility index (Phi) is 6.36. The van der Waals surface area contributed by atoms with Crippen molar-refractivity contribution < 1.29 is 40.2 Å². The number of aliphatic hydroxyl groups excluding tert-OH is 1. The number of hydrogen-bond donors (Lipinski definition) is 6. The van der Waals surface area contributed by atoms with Gasteiger partial charge in [-0.3, -0.25) is 4.79 Å². The lowest BCUT2D eigenvalue weighted by atomic mass is 9.94. The molecule has 0 saturated carbocycles. The molecule has 8 heteroatoms. The molecule has 2 atom stereocenters. The van der Waals surface area contributed by atoms with Crippen LogP contribution in [0.5, 0.6) is 28.7 Å². The van der Waals surface area contributed by atoms with Gasteiger partial charge in [-0.15, -0.1) is 0 Å². The van der Waals surface area contributed by atoms with E-state index in [9.17, 15) is 30.3 Å². The standard InChI is InChI=1S/C15H14O6.C4H8O2/c16-8-4-11(18)9-6-13(20)15(21-14(9)5-8)7-1-2-10(17)12(19)3-7;1-2-3-4(5)6/h1-5,13,15-20H,6H2;2-3H2,1H3,(H,5,6)/t13-,15+;/m0./s1. The molecule has 0 aliphatic carbocycles. The fourth-order valence-corrected chi connectivity index (χ4v) is 2.68. The Bertz CT molecular complexity index is 818. The maximum atomic E-state index is 10.2. The predicted molar refractivity (Wildman–Crippen MR) is 95.2 cm³/mol. The minimum atomic E-state index is -0.933. The third kappa shape index (κ3) is 4.95. The van der Waals surface area contributed by atoms with Crippen LogP contribution < -0.4 is 4.74 Å². The van der Waals surface area contributed by atoms with E-state index in [4.69, 9.17) is 9.84 Å². The average molecular weight is 378 g/mol. The first-order valence-electron chi connectivity index (χ1n) is 8.36. The molecule has 0 unspecified atom stereocenters. The van der Waals surface area contributed by atoms with Crippen molar-refractivity contribution >= 4 is 5.97 Å². The van der Waals surface area contributed by atoms with E-state index in [1.165, 1.54) is 30.3 Å². The lowest BCUT2D eigenvalue weighted by molar-refractivity contribution is -0.137. The number of rotatable bonds is 3. The smallest absolute Gasteiger partial charge is 0.303 e. The minimum absolute atomic E-state index is 0.143. The lowest BCUT2D eigenvalue weighted by Crippen LogP contribution is -2.30. The Morgan fingerprint density at radius 3 is 2.33 bits per heavy atom. The first kappa shape index (κ1) is 20.2. The van der Waals surface area contributed by atoms with Gasteiger partial charge in [-0.05, 0) is 24.1 Å². The molecule has 2 aromatic carbocycles. The van der Waals surface area contributed by atoms with Gasteiger partial charge >= 0.3 is 5.97 Å². The number of phenolic OH excluding ortho intramolecular Hbond substituents is 4. The zero-order chi connectivity index (χ0) is 20.1. The summed E-state index contributed by atoms with van der Waals surface area (Å²) in [5.41, 5.74) is 0.894. The number of aliphatic hydroxyl groups is 1. The molecule has 146 valence electrons. The Morgan fingerprint density at radius 2 is 1.78 bits per heavy atom. The monoisotopic (exact) mass is 378 g/mol. The molecular formula is C19H22O8. The summed E-state index contributed by atoms with van der Waals surface area (Å²) in [5.74, 6) is -1.30. The summed E-state index contributed by atoms with van der Waals surface area (Å²) in [5, 5.41) is 56.2. The highest BCUT2D eigenvalue weighted by Crippen LogP contribution is 2.42. The van der Waals surface area contributed by atoms with Crippen LogP contribution in [0.25, 0.3) is 0 Å². The van der Waals surface area contributed by atoms with Crippen molar-refractivity contribution in [3.8, 4) is 28.7 Å². The zero-order valence-corrected chi connectivity index (χ0v) is 14.7. The minimum Gasteiger partial charge on any atom is -0.508 e. The molecule has 27 heavy (non-hydrogen) atoms. The van der Waals surface area contributed by atoms with Crippen molar-refractivity contribution in [1.29, 1.82) is 0 Å². The Balaban J connectivity index is 0.000000380. The lowest BCUT2D eigenvalue weighted by Gasteiger charge is -2.31. The van der Waals surface area contributed by atoms with Crippen LogP contribution in [0.3, 0.4) is 0 Å². The molecule has 0 fully saturated rings. The molecule has 0 radical (unpaired) electrons. The number of ether oxygens (including phenoxy) is 1. The van der Waals surface area contributed by atoms with Gasteiger partial charge in [0, 0.05) is 30.5 Å². The van der Waals surface area contributed by atoms with E-state index in [-0.39, 0.29) is 35.2 Å². The van der Waals surface area contributed by atoms with Crippen LogP contribution >= 0.6 is 0 Å². The van der Waals surface area contributed by atoms with Crippen molar-refractivity contribution in [3.05, 3.63) is 41.5 Å². The van der Waals surface area contributed by atoms with Gasteiger partial charge in [-0.1, -0.05) is 13.0 Å². The molecule has 0 saturated heterocycles. The van der Waals surface area contributed by atoms with Crippen LogP contribution in [0.1, 0.15) is 37.0 Å².